The van der Waals surface area contributed by atoms with Crippen LogP contribution in [-0.4, -0.2) is 37.6 Å². The van der Waals surface area contributed by atoms with Crippen molar-refractivity contribution in [3.05, 3.63) is 51.7 Å². The minimum Gasteiger partial charge on any atom is -0.481 e. The Bertz CT molecular complexity index is 711. The summed E-state index contributed by atoms with van der Waals surface area (Å²) in [5, 5.41) is 5.08. The first-order valence-electron chi connectivity index (χ1n) is 9.04. The van der Waals surface area contributed by atoms with Crippen molar-refractivity contribution in [1.82, 2.24) is 10.2 Å². The van der Waals surface area contributed by atoms with E-state index in [4.69, 9.17) is 4.74 Å². The van der Waals surface area contributed by atoms with Crippen LogP contribution in [0.25, 0.3) is 0 Å². The number of carbonyl (C=O) groups is 1. The summed E-state index contributed by atoms with van der Waals surface area (Å²) in [4.78, 5) is 15.8. The predicted molar refractivity (Wildman–Crippen MR) is 109 cm³/mol. The van der Waals surface area contributed by atoms with E-state index >= 15 is 0 Å². The predicted octanol–water partition coefficient (Wildman–Crippen LogP) is 4.37. The van der Waals surface area contributed by atoms with Gasteiger partial charge in [0.25, 0.3) is 5.91 Å². The van der Waals surface area contributed by atoms with Crippen LogP contribution in [0.15, 0.2) is 35.7 Å². The summed E-state index contributed by atoms with van der Waals surface area (Å²) in [5.74, 6) is 1.11. The summed E-state index contributed by atoms with van der Waals surface area (Å²) < 4.78 is 5.85. The molecule has 142 valence electrons. The number of nitrogens with one attached hydrogen (secondary N) is 1. The molecule has 2 rings (SSSR count). The first-order valence-corrected chi connectivity index (χ1v) is 9.92. The third-order valence-corrected chi connectivity index (χ3v) is 5.48. The normalized spacial score (nSPS) is 13.7. The van der Waals surface area contributed by atoms with E-state index in [1.807, 2.05) is 32.3 Å². The Balaban J connectivity index is 1.94. The number of likely N-dealkylation sites (N-methyl/N-ethyl adjacent to an activating group) is 1. The fourth-order valence-corrected chi connectivity index (χ4v) is 3.91. The average molecular weight is 375 g/mol. The summed E-state index contributed by atoms with van der Waals surface area (Å²) in [6, 6.07) is 10.3. The van der Waals surface area contributed by atoms with Crippen molar-refractivity contribution in [2.45, 2.75) is 45.8 Å². The molecule has 26 heavy (non-hydrogen) atoms. The zero-order valence-corrected chi connectivity index (χ0v) is 17.4. The van der Waals surface area contributed by atoms with Gasteiger partial charge in [-0.1, -0.05) is 26.0 Å². The Labute approximate surface area is 161 Å². The number of ether oxygens (including phenoxy) is 1. The van der Waals surface area contributed by atoms with Crippen molar-refractivity contribution >= 4 is 17.2 Å². The van der Waals surface area contributed by atoms with Crippen molar-refractivity contribution < 1.29 is 9.53 Å². The van der Waals surface area contributed by atoms with Crippen molar-refractivity contribution in [1.29, 1.82) is 0 Å². The minimum absolute atomic E-state index is 0.0982. The molecule has 2 atom stereocenters. The average Bonchev–Trinajstić information content (AvgIpc) is 3.08. The molecule has 1 aromatic heterocycles. The second kappa shape index (κ2) is 9.19. The number of carbonyl (C=O) groups excluding carboxylic acids is 1. The van der Waals surface area contributed by atoms with Gasteiger partial charge in [-0.25, -0.2) is 0 Å². The van der Waals surface area contributed by atoms with Crippen LogP contribution < -0.4 is 10.1 Å². The van der Waals surface area contributed by atoms with Gasteiger partial charge in [-0.2, -0.15) is 0 Å². The summed E-state index contributed by atoms with van der Waals surface area (Å²) in [7, 11) is 4.05. The molecule has 0 saturated heterocycles. The van der Waals surface area contributed by atoms with Gasteiger partial charge in [0, 0.05) is 11.4 Å². The van der Waals surface area contributed by atoms with Crippen LogP contribution in [0.4, 0.5) is 0 Å². The number of rotatable bonds is 8. The molecule has 1 aromatic carbocycles. The van der Waals surface area contributed by atoms with Gasteiger partial charge in [0.05, 0.1) is 6.04 Å². The highest BCUT2D eigenvalue weighted by atomic mass is 32.1. The molecule has 0 aliphatic heterocycles. The second-order valence-electron chi connectivity index (χ2n) is 7.17. The molecule has 0 spiro atoms. The number of hydrogen-bond acceptors (Lipinski definition) is 4. The maximum atomic E-state index is 12.5. The highest BCUT2D eigenvalue weighted by Gasteiger charge is 2.20. The fourth-order valence-electron chi connectivity index (χ4n) is 2.99. The molecule has 1 heterocycles. The number of thiophene rings is 1. The van der Waals surface area contributed by atoms with Gasteiger partial charge in [-0.05, 0) is 68.6 Å². The van der Waals surface area contributed by atoms with E-state index in [0.717, 1.165) is 5.75 Å². The molecule has 4 nitrogen and oxygen atoms in total. The molecule has 2 unspecified atom stereocenters. The summed E-state index contributed by atoms with van der Waals surface area (Å²) in [6.07, 6.45) is -0.537. The molecule has 2 aromatic rings. The smallest absolute Gasteiger partial charge is 0.260 e. The standard InChI is InChI=1S/C21H30N2O2S/c1-14(2)18-10-9-17(12-15(18)3)25-16(4)21(24)22-13-19(23(5)6)20-8-7-11-26-20/h7-12,14,16,19H,13H2,1-6H3,(H,22,24). The van der Waals surface area contributed by atoms with Crippen LogP contribution in [0, 0.1) is 6.92 Å². The molecule has 0 fully saturated rings. The third-order valence-electron chi connectivity index (χ3n) is 4.51. The van der Waals surface area contributed by atoms with E-state index in [9.17, 15) is 4.79 Å². The third kappa shape index (κ3) is 5.32. The molecule has 0 aliphatic rings. The van der Waals surface area contributed by atoms with Crippen LogP contribution >= 0.6 is 11.3 Å². The van der Waals surface area contributed by atoms with Crippen LogP contribution in [0.2, 0.25) is 0 Å². The Hall–Kier alpha value is -1.85. The van der Waals surface area contributed by atoms with Gasteiger partial charge in [0.2, 0.25) is 0 Å². The maximum Gasteiger partial charge on any atom is 0.260 e. The van der Waals surface area contributed by atoms with E-state index in [-0.39, 0.29) is 11.9 Å². The fraction of sp³-hybridized carbons (Fsp3) is 0.476. The highest BCUT2D eigenvalue weighted by Crippen LogP contribution is 2.24. The Kier molecular flexibility index (Phi) is 7.23. The van der Waals surface area contributed by atoms with Gasteiger partial charge in [0.15, 0.2) is 6.10 Å². The number of nitrogens with zero attached hydrogens (tertiary/aromatic N) is 1. The quantitative estimate of drug-likeness (QED) is 0.746. The molecule has 0 aliphatic carbocycles. The van der Waals surface area contributed by atoms with E-state index < -0.39 is 6.10 Å². The molecular formula is C21H30N2O2S. The topological polar surface area (TPSA) is 41.6 Å². The van der Waals surface area contributed by atoms with Gasteiger partial charge < -0.3 is 15.0 Å². The van der Waals surface area contributed by atoms with Crippen LogP contribution in [0.5, 0.6) is 5.75 Å². The van der Waals surface area contributed by atoms with Gasteiger partial charge in [-0.15, -0.1) is 11.3 Å². The molecule has 1 amide bonds. The van der Waals surface area contributed by atoms with Gasteiger partial charge in [0.1, 0.15) is 5.75 Å². The zero-order chi connectivity index (χ0) is 19.3. The number of aryl methyl sites for hydroxylation is 1. The number of benzene rings is 1. The first-order chi connectivity index (χ1) is 12.3. The maximum absolute atomic E-state index is 12.5. The summed E-state index contributed by atoms with van der Waals surface area (Å²) >= 11 is 1.70. The van der Waals surface area contributed by atoms with Crippen LogP contribution in [0.3, 0.4) is 0 Å². The second-order valence-corrected chi connectivity index (χ2v) is 8.15. The summed E-state index contributed by atoms with van der Waals surface area (Å²) in [6.45, 7) is 8.78. The molecule has 5 heteroatoms. The van der Waals surface area contributed by atoms with Crippen molar-refractivity contribution in [3.63, 3.8) is 0 Å². The molecule has 1 N–H and O–H groups in total. The minimum atomic E-state index is -0.537. The van der Waals surface area contributed by atoms with Gasteiger partial charge >= 0.3 is 0 Å². The Morgan fingerprint density at radius 1 is 1.23 bits per heavy atom. The lowest BCUT2D eigenvalue weighted by Gasteiger charge is -2.24. The Morgan fingerprint density at radius 2 is 1.96 bits per heavy atom. The lowest BCUT2D eigenvalue weighted by atomic mass is 9.98. The molecule has 0 saturated carbocycles. The largest absolute Gasteiger partial charge is 0.481 e. The Morgan fingerprint density at radius 3 is 2.50 bits per heavy atom. The van der Waals surface area contributed by atoms with Gasteiger partial charge in [-0.3, -0.25) is 4.79 Å². The van der Waals surface area contributed by atoms with E-state index in [0.29, 0.717) is 12.5 Å². The zero-order valence-electron chi connectivity index (χ0n) is 16.6. The lowest BCUT2D eigenvalue weighted by molar-refractivity contribution is -0.127. The van der Waals surface area contributed by atoms with E-state index in [1.165, 1.54) is 16.0 Å². The first kappa shape index (κ1) is 20.5. The summed E-state index contributed by atoms with van der Waals surface area (Å²) in [5.41, 5.74) is 2.50. The SMILES string of the molecule is Cc1cc(OC(C)C(=O)NCC(c2cccs2)N(C)C)ccc1C(C)C. The van der Waals surface area contributed by atoms with Crippen LogP contribution in [-0.2, 0) is 4.79 Å². The molecular weight excluding hydrogens is 344 g/mol. The number of hydrogen-bond donors (Lipinski definition) is 1. The van der Waals surface area contributed by atoms with E-state index in [2.05, 4.69) is 48.5 Å². The van der Waals surface area contributed by atoms with Crippen molar-refractivity contribution in [2.75, 3.05) is 20.6 Å². The lowest BCUT2D eigenvalue weighted by Crippen LogP contribution is -2.40. The molecule has 0 bridgehead atoms. The van der Waals surface area contributed by atoms with Crippen LogP contribution in [0.1, 0.15) is 48.7 Å². The number of amides is 1. The monoisotopic (exact) mass is 374 g/mol. The molecule has 0 radical (unpaired) electrons. The van der Waals surface area contributed by atoms with E-state index in [1.54, 1.807) is 18.3 Å². The van der Waals surface area contributed by atoms with Crippen molar-refractivity contribution in [3.8, 4) is 5.75 Å². The highest BCUT2D eigenvalue weighted by molar-refractivity contribution is 7.10. The van der Waals surface area contributed by atoms with Crippen molar-refractivity contribution in [2.24, 2.45) is 0 Å².